The van der Waals surface area contributed by atoms with Crippen LogP contribution in [-0.4, -0.2) is 70.0 Å². The number of rotatable bonds is 5. The molecular weight excluding hydrogens is 424 g/mol. The first-order valence-electron chi connectivity index (χ1n) is 9.74. The van der Waals surface area contributed by atoms with Crippen LogP contribution in [0, 0.1) is 0 Å². The van der Waals surface area contributed by atoms with E-state index in [0.29, 0.717) is 5.56 Å². The molecule has 0 saturated carbocycles. The van der Waals surface area contributed by atoms with Gasteiger partial charge in [-0.3, -0.25) is 4.79 Å². The Morgan fingerprint density at radius 1 is 1.03 bits per heavy atom. The number of fused-ring (bicyclic) bond motifs is 1. The number of phenols is 1. The summed E-state index contributed by atoms with van der Waals surface area (Å²) in [4.78, 5) is 13.1. The highest BCUT2D eigenvalue weighted by atomic mass is 16.7. The van der Waals surface area contributed by atoms with Crippen LogP contribution in [0.4, 0.5) is 0 Å². The summed E-state index contributed by atoms with van der Waals surface area (Å²) in [6.45, 7) is -0.596. The Labute approximate surface area is 181 Å². The molecule has 3 aromatic rings. The molecule has 0 spiro atoms. The van der Waals surface area contributed by atoms with Crippen molar-refractivity contribution in [2.75, 3.05) is 13.7 Å². The molecule has 10 nitrogen and oxygen atoms in total. The lowest BCUT2D eigenvalue weighted by molar-refractivity contribution is -0.277. The zero-order valence-corrected chi connectivity index (χ0v) is 16.9. The normalized spacial score (nSPS) is 25.6. The Morgan fingerprint density at radius 2 is 1.75 bits per heavy atom. The van der Waals surface area contributed by atoms with E-state index in [1.165, 1.54) is 37.6 Å². The van der Waals surface area contributed by atoms with Crippen molar-refractivity contribution in [3.8, 4) is 28.4 Å². The standard InChI is InChI=1S/C22H22O10/c1-29-14-6-12(31-22-21(28)20(27)19(26)16(8-23)32-22)7-15-17(14)18(25)13(9-30-15)10-2-4-11(24)5-3-10/h2-7,9,16,19-24,26-28H,8H2,1H3/t16?,19-,20+,21?,22-/m1/s1. The lowest BCUT2D eigenvalue weighted by atomic mass is 9.99. The van der Waals surface area contributed by atoms with Crippen LogP contribution in [0.25, 0.3) is 22.1 Å². The van der Waals surface area contributed by atoms with Gasteiger partial charge in [-0.2, -0.15) is 0 Å². The number of aliphatic hydroxyl groups is 4. The Bertz CT molecular complexity index is 1150. The number of ether oxygens (including phenoxy) is 3. The molecule has 1 fully saturated rings. The Hall–Kier alpha value is -3.15. The first-order valence-corrected chi connectivity index (χ1v) is 9.74. The highest BCUT2D eigenvalue weighted by Crippen LogP contribution is 2.33. The van der Waals surface area contributed by atoms with Gasteiger partial charge in [-0.1, -0.05) is 12.1 Å². The lowest BCUT2D eigenvalue weighted by Gasteiger charge is -2.39. The van der Waals surface area contributed by atoms with Crippen LogP contribution >= 0.6 is 0 Å². The summed E-state index contributed by atoms with van der Waals surface area (Å²) in [5, 5.41) is 49.0. The fourth-order valence-electron chi connectivity index (χ4n) is 3.56. The molecule has 10 heteroatoms. The van der Waals surface area contributed by atoms with Crippen LogP contribution in [0.5, 0.6) is 17.2 Å². The van der Waals surface area contributed by atoms with Gasteiger partial charge in [0.2, 0.25) is 11.7 Å². The van der Waals surface area contributed by atoms with Crippen molar-refractivity contribution in [2.45, 2.75) is 30.7 Å². The third-order valence-corrected chi connectivity index (χ3v) is 5.31. The number of hydrogen-bond acceptors (Lipinski definition) is 10. The van der Waals surface area contributed by atoms with E-state index in [1.807, 2.05) is 0 Å². The van der Waals surface area contributed by atoms with Crippen molar-refractivity contribution in [3.05, 3.63) is 52.9 Å². The van der Waals surface area contributed by atoms with Gasteiger partial charge in [0.1, 0.15) is 58.9 Å². The minimum Gasteiger partial charge on any atom is -0.508 e. The third kappa shape index (κ3) is 3.90. The van der Waals surface area contributed by atoms with Gasteiger partial charge >= 0.3 is 0 Å². The zero-order valence-electron chi connectivity index (χ0n) is 16.9. The van der Waals surface area contributed by atoms with Crippen molar-refractivity contribution < 1.29 is 44.2 Å². The summed E-state index contributed by atoms with van der Waals surface area (Å²) in [6.07, 6.45) is -5.98. The molecule has 0 radical (unpaired) electrons. The minimum atomic E-state index is -1.60. The van der Waals surface area contributed by atoms with Gasteiger partial charge < -0.3 is 44.2 Å². The Balaban J connectivity index is 1.71. The summed E-state index contributed by atoms with van der Waals surface area (Å²) < 4.78 is 21.9. The maximum Gasteiger partial charge on any atom is 0.229 e. The molecule has 5 atom stereocenters. The van der Waals surface area contributed by atoms with Gasteiger partial charge in [0.15, 0.2) is 0 Å². The van der Waals surface area contributed by atoms with E-state index in [-0.39, 0.29) is 39.2 Å². The summed E-state index contributed by atoms with van der Waals surface area (Å²) in [5.74, 6) is 0.294. The molecule has 0 aliphatic carbocycles. The SMILES string of the molecule is COc1cc(O[C@@H]2OC(CO)[C@@H](O)[C@H](O)C2O)cc2occ(-c3ccc(O)cc3)c(=O)c12. The number of hydrogen-bond donors (Lipinski definition) is 5. The topological polar surface area (TPSA) is 159 Å². The monoisotopic (exact) mass is 446 g/mol. The van der Waals surface area contributed by atoms with Crippen molar-refractivity contribution in [1.29, 1.82) is 0 Å². The first kappa shape index (κ1) is 22.1. The quantitative estimate of drug-likeness (QED) is 0.370. The molecule has 4 rings (SSSR count). The highest BCUT2D eigenvalue weighted by molar-refractivity contribution is 5.88. The van der Waals surface area contributed by atoms with Crippen LogP contribution in [-0.2, 0) is 4.74 Å². The van der Waals surface area contributed by atoms with E-state index >= 15 is 0 Å². The summed E-state index contributed by atoms with van der Waals surface area (Å²) in [5.41, 5.74) is 0.574. The van der Waals surface area contributed by atoms with Gasteiger partial charge in [0, 0.05) is 12.1 Å². The molecule has 170 valence electrons. The molecule has 2 unspecified atom stereocenters. The molecule has 1 saturated heterocycles. The van der Waals surface area contributed by atoms with E-state index in [9.17, 15) is 30.3 Å². The van der Waals surface area contributed by atoms with Crippen LogP contribution in [0.15, 0.2) is 51.9 Å². The highest BCUT2D eigenvalue weighted by Gasteiger charge is 2.44. The second-order valence-corrected chi connectivity index (χ2v) is 7.34. The molecule has 32 heavy (non-hydrogen) atoms. The number of aromatic hydroxyl groups is 1. The van der Waals surface area contributed by atoms with E-state index in [2.05, 4.69) is 0 Å². The van der Waals surface area contributed by atoms with Crippen molar-refractivity contribution >= 4 is 11.0 Å². The maximum atomic E-state index is 13.1. The third-order valence-electron chi connectivity index (χ3n) is 5.31. The van der Waals surface area contributed by atoms with Gasteiger partial charge in [-0.25, -0.2) is 0 Å². The van der Waals surface area contributed by atoms with Crippen molar-refractivity contribution in [1.82, 2.24) is 0 Å². The van der Waals surface area contributed by atoms with Crippen molar-refractivity contribution in [3.63, 3.8) is 0 Å². The Kier molecular flexibility index (Phi) is 6.04. The molecule has 1 aromatic heterocycles. The van der Waals surface area contributed by atoms with Gasteiger partial charge in [0.05, 0.1) is 19.3 Å². The number of methoxy groups -OCH3 is 1. The molecule has 5 N–H and O–H groups in total. The summed E-state index contributed by atoms with van der Waals surface area (Å²) in [6, 6.07) is 8.84. The molecule has 2 aromatic carbocycles. The predicted octanol–water partition coefficient (Wildman–Crippen LogP) is 0.353. The van der Waals surface area contributed by atoms with Gasteiger partial charge in [-0.15, -0.1) is 0 Å². The predicted molar refractivity (Wildman–Crippen MR) is 111 cm³/mol. The van der Waals surface area contributed by atoms with E-state index in [1.54, 1.807) is 12.1 Å². The molecule has 2 heterocycles. The maximum absolute atomic E-state index is 13.1. The second kappa shape index (κ2) is 8.77. The lowest BCUT2D eigenvalue weighted by Crippen LogP contribution is -2.60. The number of aliphatic hydroxyl groups excluding tert-OH is 4. The van der Waals surface area contributed by atoms with E-state index in [0.717, 1.165) is 0 Å². The first-order chi connectivity index (χ1) is 15.3. The molecule has 1 aliphatic rings. The Morgan fingerprint density at radius 3 is 2.41 bits per heavy atom. The summed E-state index contributed by atoms with van der Waals surface area (Å²) >= 11 is 0. The van der Waals surface area contributed by atoms with Crippen LogP contribution in [0.3, 0.4) is 0 Å². The smallest absolute Gasteiger partial charge is 0.229 e. The van der Waals surface area contributed by atoms with Gasteiger partial charge in [0.25, 0.3) is 0 Å². The molecule has 0 amide bonds. The molecular formula is C22H22O10. The number of benzene rings is 2. The average Bonchev–Trinajstić information content (AvgIpc) is 2.80. The van der Waals surface area contributed by atoms with Crippen LogP contribution in [0.2, 0.25) is 0 Å². The fourth-order valence-corrected chi connectivity index (χ4v) is 3.56. The minimum absolute atomic E-state index is 0.0616. The van der Waals surface area contributed by atoms with E-state index < -0.39 is 37.3 Å². The molecule has 0 bridgehead atoms. The second-order valence-electron chi connectivity index (χ2n) is 7.34. The van der Waals surface area contributed by atoms with E-state index in [4.69, 9.17) is 18.6 Å². The largest absolute Gasteiger partial charge is 0.508 e. The zero-order chi connectivity index (χ0) is 23.0. The number of phenolic OH excluding ortho intramolecular Hbond substituents is 1. The average molecular weight is 446 g/mol. The fraction of sp³-hybridized carbons (Fsp3) is 0.318. The van der Waals surface area contributed by atoms with Crippen LogP contribution < -0.4 is 14.9 Å². The van der Waals surface area contributed by atoms with Crippen molar-refractivity contribution in [2.24, 2.45) is 0 Å². The summed E-state index contributed by atoms with van der Waals surface area (Å²) in [7, 11) is 1.36. The van der Waals surface area contributed by atoms with Crippen LogP contribution in [0.1, 0.15) is 0 Å². The van der Waals surface area contributed by atoms with Gasteiger partial charge in [-0.05, 0) is 17.7 Å². The molecule has 1 aliphatic heterocycles.